The minimum Gasteiger partial charge on any atom is -0.463 e. The monoisotopic (exact) mass is 446 g/mol. The number of unbranched alkanes of at least 4 members (excludes halogenated alkanes) is 1. The number of carbonyl (C=O) groups excluding carboxylic acids is 4. The first kappa shape index (κ1) is 26.2. The largest absolute Gasteiger partial charge is 0.463 e. The van der Waals surface area contributed by atoms with E-state index in [1.54, 1.807) is 0 Å². The molecule has 1 aliphatic heterocycles. The van der Waals surface area contributed by atoms with Gasteiger partial charge in [0.2, 0.25) is 5.91 Å². The van der Waals surface area contributed by atoms with E-state index < -0.39 is 54.5 Å². The second-order valence-corrected chi connectivity index (χ2v) is 6.78. The van der Waals surface area contributed by atoms with Gasteiger partial charge in [0, 0.05) is 34.3 Å². The van der Waals surface area contributed by atoms with Crippen LogP contribution in [0.15, 0.2) is 10.3 Å². The molecule has 1 aliphatic rings. The minimum atomic E-state index is -1.15. The number of nitrogens with zero attached hydrogens (tertiary/aromatic N) is 2. The molecule has 5 unspecified atom stereocenters. The Morgan fingerprint density at radius 2 is 1.61 bits per heavy atom. The summed E-state index contributed by atoms with van der Waals surface area (Å²) in [5.74, 6) is 2.58. The fourth-order valence-electron chi connectivity index (χ4n) is 2.97. The van der Waals surface area contributed by atoms with Crippen molar-refractivity contribution in [2.75, 3.05) is 19.8 Å². The number of esters is 3. The van der Waals surface area contributed by atoms with Gasteiger partial charge in [-0.2, -0.15) is 5.11 Å². The molecular formula is C18H30N4O9. The van der Waals surface area contributed by atoms with Gasteiger partial charge in [-0.3, -0.25) is 19.2 Å². The topological polar surface area (TPSA) is 177 Å². The summed E-state index contributed by atoms with van der Waals surface area (Å²) in [5, 5.41) is 9.43. The first-order valence-corrected chi connectivity index (χ1v) is 9.74. The Kier molecular flexibility index (Phi) is 11.4. The highest BCUT2D eigenvalue weighted by Crippen LogP contribution is 2.28. The van der Waals surface area contributed by atoms with Crippen LogP contribution in [0.4, 0.5) is 0 Å². The molecule has 13 heteroatoms. The third-order valence-corrected chi connectivity index (χ3v) is 4.09. The summed E-state index contributed by atoms with van der Waals surface area (Å²) in [4.78, 5) is 46.5. The normalized spacial score (nSPS) is 25.6. The summed E-state index contributed by atoms with van der Waals surface area (Å²) in [6.07, 6.45) is -3.15. The maximum absolute atomic E-state index is 11.8. The smallest absolute Gasteiger partial charge is 0.303 e. The molecule has 1 amide bonds. The lowest BCUT2D eigenvalue weighted by molar-refractivity contribution is -0.277. The molecule has 0 aromatic heterocycles. The Balaban J connectivity index is 3.10. The fourth-order valence-corrected chi connectivity index (χ4v) is 2.97. The maximum atomic E-state index is 11.8. The van der Waals surface area contributed by atoms with Crippen LogP contribution in [0.3, 0.4) is 0 Å². The van der Waals surface area contributed by atoms with Crippen LogP contribution in [-0.2, 0) is 42.9 Å². The zero-order valence-corrected chi connectivity index (χ0v) is 18.1. The van der Waals surface area contributed by atoms with Crippen LogP contribution in [-0.4, -0.2) is 74.2 Å². The summed E-state index contributed by atoms with van der Waals surface area (Å²) in [7, 11) is 0. The minimum absolute atomic E-state index is 0.214. The predicted octanol–water partition coefficient (Wildman–Crippen LogP) is -0.235. The van der Waals surface area contributed by atoms with E-state index in [-0.39, 0.29) is 13.2 Å². The number of carbonyl (C=O) groups is 4. The molecule has 1 heterocycles. The van der Waals surface area contributed by atoms with E-state index in [9.17, 15) is 19.2 Å². The molecule has 0 aromatic carbocycles. The van der Waals surface area contributed by atoms with Crippen LogP contribution >= 0.6 is 0 Å². The third-order valence-electron chi connectivity index (χ3n) is 4.09. The number of nitrogens with one attached hydrogen (secondary N) is 1. The van der Waals surface area contributed by atoms with Gasteiger partial charge in [0.1, 0.15) is 18.8 Å². The van der Waals surface area contributed by atoms with Gasteiger partial charge >= 0.3 is 17.9 Å². The molecule has 0 bridgehead atoms. The van der Waals surface area contributed by atoms with Crippen LogP contribution < -0.4 is 11.2 Å². The molecule has 0 spiro atoms. The molecule has 0 radical (unpaired) electrons. The quantitative estimate of drug-likeness (QED) is 0.107. The zero-order valence-electron chi connectivity index (χ0n) is 18.1. The summed E-state index contributed by atoms with van der Waals surface area (Å²) in [5.41, 5.74) is 0. The molecule has 0 saturated carbocycles. The highest BCUT2D eigenvalue weighted by atomic mass is 16.7. The van der Waals surface area contributed by atoms with Gasteiger partial charge in [-0.25, -0.2) is 0 Å². The van der Waals surface area contributed by atoms with E-state index in [2.05, 4.69) is 15.7 Å². The molecule has 0 aromatic rings. The lowest BCUT2D eigenvalue weighted by atomic mass is 9.96. The standard InChI is InChI=1S/C18H30N4O9/c1-10(23)21-15-17(30-13(4)26)16(29-12(3)25)14(9-28-11(2)24)31-18(15)27-8-6-5-7-20-22-19/h14-18H,5-9H2,1-4H3,(H2,19,20)(H,21,23). The van der Waals surface area contributed by atoms with Gasteiger partial charge in [-0.15, -0.1) is 0 Å². The van der Waals surface area contributed by atoms with Crippen molar-refractivity contribution in [1.29, 1.82) is 0 Å². The SMILES string of the molecule is CC(=O)NC1C(OCCCCN=NN)OC(COC(C)=O)C(OC(C)=O)C1OC(C)=O. The third kappa shape index (κ3) is 9.70. The van der Waals surface area contributed by atoms with Gasteiger partial charge < -0.3 is 34.8 Å². The average Bonchev–Trinajstić information content (AvgIpc) is 2.66. The second kappa shape index (κ2) is 13.5. The van der Waals surface area contributed by atoms with Crippen molar-refractivity contribution in [2.45, 2.75) is 71.2 Å². The lowest BCUT2D eigenvalue weighted by Gasteiger charge is -2.44. The molecule has 1 rings (SSSR count). The van der Waals surface area contributed by atoms with Gasteiger partial charge in [0.25, 0.3) is 0 Å². The Bertz CT molecular complexity index is 658. The number of amides is 1. The molecule has 0 aliphatic carbocycles. The summed E-state index contributed by atoms with van der Waals surface area (Å²) >= 11 is 0. The van der Waals surface area contributed by atoms with Gasteiger partial charge in [0.15, 0.2) is 18.5 Å². The van der Waals surface area contributed by atoms with Crippen LogP contribution in [0.25, 0.3) is 0 Å². The average molecular weight is 446 g/mol. The Hall–Kier alpha value is -2.80. The lowest BCUT2D eigenvalue weighted by Crippen LogP contribution is -2.66. The Labute approximate surface area is 179 Å². The van der Waals surface area contributed by atoms with Gasteiger partial charge in [0.05, 0.1) is 6.54 Å². The van der Waals surface area contributed by atoms with E-state index >= 15 is 0 Å². The fraction of sp³-hybridized carbons (Fsp3) is 0.778. The van der Waals surface area contributed by atoms with Crippen LogP contribution in [0, 0.1) is 0 Å². The number of ether oxygens (including phenoxy) is 5. The number of hydrogen-bond acceptors (Lipinski definition) is 11. The Morgan fingerprint density at radius 3 is 2.16 bits per heavy atom. The Morgan fingerprint density at radius 1 is 0.968 bits per heavy atom. The molecule has 5 atom stereocenters. The van der Waals surface area contributed by atoms with Crippen molar-refractivity contribution in [1.82, 2.24) is 5.32 Å². The molecule has 31 heavy (non-hydrogen) atoms. The van der Waals surface area contributed by atoms with Crippen LogP contribution in [0.5, 0.6) is 0 Å². The molecule has 1 fully saturated rings. The van der Waals surface area contributed by atoms with Crippen molar-refractivity contribution in [3.05, 3.63) is 0 Å². The van der Waals surface area contributed by atoms with E-state index in [4.69, 9.17) is 29.5 Å². The number of nitrogens with two attached hydrogens (primary N) is 1. The first-order chi connectivity index (χ1) is 14.6. The van der Waals surface area contributed by atoms with E-state index in [0.29, 0.717) is 19.4 Å². The molecule has 1 saturated heterocycles. The van der Waals surface area contributed by atoms with Crippen LogP contribution in [0.1, 0.15) is 40.5 Å². The van der Waals surface area contributed by atoms with Crippen molar-refractivity contribution in [3.63, 3.8) is 0 Å². The van der Waals surface area contributed by atoms with Crippen molar-refractivity contribution in [3.8, 4) is 0 Å². The van der Waals surface area contributed by atoms with E-state index in [1.165, 1.54) is 27.7 Å². The molecular weight excluding hydrogens is 416 g/mol. The number of hydrogen-bond donors (Lipinski definition) is 2. The summed E-state index contributed by atoms with van der Waals surface area (Å²) in [6.45, 7) is 5.17. The summed E-state index contributed by atoms with van der Waals surface area (Å²) < 4.78 is 27.3. The molecule has 176 valence electrons. The van der Waals surface area contributed by atoms with E-state index in [1.807, 2.05) is 0 Å². The van der Waals surface area contributed by atoms with Crippen molar-refractivity contribution < 1.29 is 42.9 Å². The molecule has 13 nitrogen and oxygen atoms in total. The highest BCUT2D eigenvalue weighted by molar-refractivity contribution is 5.73. The summed E-state index contributed by atoms with van der Waals surface area (Å²) in [6, 6.07) is -0.983. The van der Waals surface area contributed by atoms with E-state index in [0.717, 1.165) is 0 Å². The first-order valence-electron chi connectivity index (χ1n) is 9.74. The predicted molar refractivity (Wildman–Crippen MR) is 103 cm³/mol. The maximum Gasteiger partial charge on any atom is 0.303 e. The van der Waals surface area contributed by atoms with Gasteiger partial charge in [-0.1, -0.05) is 5.22 Å². The van der Waals surface area contributed by atoms with Crippen molar-refractivity contribution >= 4 is 23.8 Å². The van der Waals surface area contributed by atoms with Crippen molar-refractivity contribution in [2.24, 2.45) is 16.2 Å². The number of rotatable bonds is 11. The zero-order chi connectivity index (χ0) is 23.4. The van der Waals surface area contributed by atoms with Crippen LogP contribution in [0.2, 0.25) is 0 Å². The van der Waals surface area contributed by atoms with Gasteiger partial charge in [-0.05, 0) is 12.8 Å². The molecule has 3 N–H and O–H groups in total. The highest BCUT2D eigenvalue weighted by Gasteiger charge is 2.51. The second-order valence-electron chi connectivity index (χ2n) is 6.78.